The lowest BCUT2D eigenvalue weighted by Gasteiger charge is -2.31. The van der Waals surface area contributed by atoms with E-state index in [0.29, 0.717) is 32.7 Å². The zero-order chi connectivity index (χ0) is 13.7. The molecule has 1 atom stereocenters. The van der Waals surface area contributed by atoms with Crippen LogP contribution in [-0.2, 0) is 11.2 Å². The molecule has 1 aromatic rings. The lowest BCUT2D eigenvalue weighted by atomic mass is 10.1. The van der Waals surface area contributed by atoms with Gasteiger partial charge in [-0.25, -0.2) is 9.18 Å². The number of hydrogen-bond donors (Lipinski definition) is 1. The van der Waals surface area contributed by atoms with Gasteiger partial charge in [-0.2, -0.15) is 0 Å². The third-order valence-corrected chi connectivity index (χ3v) is 3.13. The highest BCUT2D eigenvalue weighted by Crippen LogP contribution is 2.05. The highest BCUT2D eigenvalue weighted by molar-refractivity contribution is 5.74. The number of urea groups is 1. The second kappa shape index (κ2) is 6.52. The lowest BCUT2D eigenvalue weighted by Crippen LogP contribution is -2.49. The molecule has 2 rings (SSSR count). The predicted octanol–water partition coefficient (Wildman–Crippen LogP) is 1.80. The van der Waals surface area contributed by atoms with Crippen molar-refractivity contribution in [2.75, 3.05) is 26.2 Å². The number of carbonyl (C=O) groups is 1. The van der Waals surface area contributed by atoms with Gasteiger partial charge in [0.15, 0.2) is 0 Å². The van der Waals surface area contributed by atoms with E-state index in [1.807, 2.05) is 6.92 Å². The number of nitrogens with zero attached hydrogens (tertiary/aromatic N) is 1. The predicted molar refractivity (Wildman–Crippen MR) is 70.5 cm³/mol. The van der Waals surface area contributed by atoms with Crippen LogP contribution in [0.2, 0.25) is 0 Å². The maximum Gasteiger partial charge on any atom is 0.317 e. The number of morpholine rings is 1. The molecule has 0 aromatic heterocycles. The number of nitrogens with one attached hydrogen (secondary N) is 1. The van der Waals surface area contributed by atoms with Crippen molar-refractivity contribution < 1.29 is 13.9 Å². The largest absolute Gasteiger partial charge is 0.375 e. The summed E-state index contributed by atoms with van der Waals surface area (Å²) in [5.74, 6) is -0.241. The summed E-state index contributed by atoms with van der Waals surface area (Å²) in [6.07, 6.45) is 0.794. The number of halogens is 1. The second-order valence-electron chi connectivity index (χ2n) is 4.74. The van der Waals surface area contributed by atoms with Gasteiger partial charge in [0, 0.05) is 19.6 Å². The number of amides is 2. The van der Waals surface area contributed by atoms with Crippen LogP contribution in [0.3, 0.4) is 0 Å². The molecule has 0 spiro atoms. The minimum Gasteiger partial charge on any atom is -0.375 e. The fourth-order valence-corrected chi connectivity index (χ4v) is 2.08. The lowest BCUT2D eigenvalue weighted by molar-refractivity contribution is -0.00342. The quantitative estimate of drug-likeness (QED) is 0.906. The summed E-state index contributed by atoms with van der Waals surface area (Å²) in [7, 11) is 0. The molecule has 5 heteroatoms. The Hall–Kier alpha value is -1.62. The van der Waals surface area contributed by atoms with Gasteiger partial charge in [-0.3, -0.25) is 0 Å². The van der Waals surface area contributed by atoms with Gasteiger partial charge >= 0.3 is 6.03 Å². The van der Waals surface area contributed by atoms with Crippen molar-refractivity contribution in [1.29, 1.82) is 0 Å². The Bertz CT molecular complexity index is 422. The highest BCUT2D eigenvalue weighted by atomic mass is 19.1. The molecule has 1 aromatic carbocycles. The van der Waals surface area contributed by atoms with E-state index in [1.165, 1.54) is 12.1 Å². The van der Waals surface area contributed by atoms with Crippen molar-refractivity contribution in [2.45, 2.75) is 19.4 Å². The molecule has 0 saturated carbocycles. The average Bonchev–Trinajstić information content (AvgIpc) is 2.41. The molecule has 0 aliphatic carbocycles. The summed E-state index contributed by atoms with van der Waals surface area (Å²) in [5, 5.41) is 2.87. The van der Waals surface area contributed by atoms with Crippen molar-refractivity contribution in [3.8, 4) is 0 Å². The first-order chi connectivity index (χ1) is 9.15. The first kappa shape index (κ1) is 13.8. The SMILES string of the molecule is CC1CN(C(=O)NCCc2ccc(F)cc2)CCO1. The van der Waals surface area contributed by atoms with Crippen LogP contribution in [0.5, 0.6) is 0 Å². The van der Waals surface area contributed by atoms with Gasteiger partial charge in [-0.05, 0) is 31.0 Å². The van der Waals surface area contributed by atoms with Crippen LogP contribution < -0.4 is 5.32 Å². The molecule has 1 unspecified atom stereocenters. The standard InChI is InChI=1S/C14H19FN2O2/c1-11-10-17(8-9-19-11)14(18)16-7-6-12-2-4-13(15)5-3-12/h2-5,11H,6-10H2,1H3,(H,16,18). The number of carbonyl (C=O) groups excluding carboxylic acids is 1. The number of hydrogen-bond acceptors (Lipinski definition) is 2. The van der Waals surface area contributed by atoms with E-state index in [9.17, 15) is 9.18 Å². The van der Waals surface area contributed by atoms with Gasteiger partial charge in [0.2, 0.25) is 0 Å². The smallest absolute Gasteiger partial charge is 0.317 e. The molecular weight excluding hydrogens is 247 g/mol. The first-order valence-corrected chi connectivity index (χ1v) is 6.54. The molecule has 0 bridgehead atoms. The van der Waals surface area contributed by atoms with Crippen molar-refractivity contribution in [1.82, 2.24) is 10.2 Å². The van der Waals surface area contributed by atoms with Crippen LogP contribution in [-0.4, -0.2) is 43.3 Å². The molecule has 1 aliphatic rings. The van der Waals surface area contributed by atoms with E-state index in [0.717, 1.165) is 5.56 Å². The molecule has 2 amide bonds. The van der Waals surface area contributed by atoms with E-state index in [4.69, 9.17) is 4.74 Å². The summed E-state index contributed by atoms with van der Waals surface area (Å²) in [4.78, 5) is 13.6. The zero-order valence-corrected chi connectivity index (χ0v) is 11.1. The van der Waals surface area contributed by atoms with E-state index < -0.39 is 0 Å². The van der Waals surface area contributed by atoms with Crippen LogP contribution in [0.25, 0.3) is 0 Å². The van der Waals surface area contributed by atoms with Crippen LogP contribution in [0.15, 0.2) is 24.3 Å². The van der Waals surface area contributed by atoms with Gasteiger partial charge < -0.3 is 15.0 Å². The third kappa shape index (κ3) is 4.21. The summed E-state index contributed by atoms with van der Waals surface area (Å²) < 4.78 is 18.1. The van der Waals surface area contributed by atoms with Gasteiger partial charge in [0.25, 0.3) is 0 Å². The minimum absolute atomic E-state index is 0.0581. The zero-order valence-electron chi connectivity index (χ0n) is 11.1. The fraction of sp³-hybridized carbons (Fsp3) is 0.500. The maximum atomic E-state index is 12.7. The van der Waals surface area contributed by atoms with Crippen molar-refractivity contribution in [3.63, 3.8) is 0 Å². The van der Waals surface area contributed by atoms with Gasteiger partial charge in [0.05, 0.1) is 12.7 Å². The Morgan fingerprint density at radius 3 is 2.89 bits per heavy atom. The van der Waals surface area contributed by atoms with E-state index in [1.54, 1.807) is 17.0 Å². The monoisotopic (exact) mass is 266 g/mol. The molecule has 104 valence electrons. The first-order valence-electron chi connectivity index (χ1n) is 6.54. The Kier molecular flexibility index (Phi) is 4.74. The maximum absolute atomic E-state index is 12.7. The Morgan fingerprint density at radius 1 is 1.47 bits per heavy atom. The van der Waals surface area contributed by atoms with Crippen molar-refractivity contribution >= 4 is 6.03 Å². The average molecular weight is 266 g/mol. The van der Waals surface area contributed by atoms with E-state index in [2.05, 4.69) is 5.32 Å². The molecule has 1 N–H and O–H groups in total. The second-order valence-corrected chi connectivity index (χ2v) is 4.74. The fourth-order valence-electron chi connectivity index (χ4n) is 2.08. The molecule has 1 aliphatic heterocycles. The Labute approximate surface area is 112 Å². The minimum atomic E-state index is -0.241. The van der Waals surface area contributed by atoms with Gasteiger partial charge in [-0.1, -0.05) is 12.1 Å². The Balaban J connectivity index is 1.73. The van der Waals surface area contributed by atoms with Crippen LogP contribution in [0.4, 0.5) is 9.18 Å². The Morgan fingerprint density at radius 2 is 2.21 bits per heavy atom. The van der Waals surface area contributed by atoms with E-state index in [-0.39, 0.29) is 18.0 Å². The normalized spacial score (nSPS) is 19.3. The molecule has 4 nitrogen and oxygen atoms in total. The van der Waals surface area contributed by atoms with Crippen LogP contribution >= 0.6 is 0 Å². The summed E-state index contributed by atoms with van der Waals surface area (Å²) in [6, 6.07) is 6.27. The molecule has 1 fully saturated rings. The number of ether oxygens (including phenoxy) is 1. The third-order valence-electron chi connectivity index (χ3n) is 3.13. The molecule has 1 heterocycles. The topological polar surface area (TPSA) is 41.6 Å². The summed E-state index contributed by atoms with van der Waals surface area (Å²) in [5.41, 5.74) is 1.01. The molecular formula is C14H19FN2O2. The van der Waals surface area contributed by atoms with Gasteiger partial charge in [-0.15, -0.1) is 0 Å². The van der Waals surface area contributed by atoms with Crippen LogP contribution in [0.1, 0.15) is 12.5 Å². The van der Waals surface area contributed by atoms with Crippen molar-refractivity contribution in [3.05, 3.63) is 35.6 Å². The molecule has 0 radical (unpaired) electrons. The number of benzene rings is 1. The van der Waals surface area contributed by atoms with Crippen molar-refractivity contribution in [2.24, 2.45) is 0 Å². The van der Waals surface area contributed by atoms with E-state index >= 15 is 0 Å². The number of rotatable bonds is 3. The molecule has 1 saturated heterocycles. The summed E-state index contributed by atoms with van der Waals surface area (Å²) in [6.45, 7) is 4.36. The van der Waals surface area contributed by atoms with Crippen LogP contribution in [0, 0.1) is 5.82 Å². The highest BCUT2D eigenvalue weighted by Gasteiger charge is 2.20. The van der Waals surface area contributed by atoms with Gasteiger partial charge in [0.1, 0.15) is 5.82 Å². The summed E-state index contributed by atoms with van der Waals surface area (Å²) >= 11 is 0. The molecule has 19 heavy (non-hydrogen) atoms.